The standard InChI is InChI=1S/C17H23N3O/c1-18-14-9-10-20(12-14)17(21)8-4-5-13-11-19-16-7-3-2-6-15(13)16/h2-3,6-7,11,14,18-19H,4-5,8-10,12H2,1H3. The molecule has 1 atom stereocenters. The largest absolute Gasteiger partial charge is 0.361 e. The minimum Gasteiger partial charge on any atom is -0.361 e. The molecule has 1 saturated heterocycles. The van der Waals surface area contributed by atoms with Crippen molar-refractivity contribution in [1.82, 2.24) is 15.2 Å². The molecule has 1 aromatic heterocycles. The molecule has 2 aromatic rings. The fraction of sp³-hybridized carbons (Fsp3) is 0.471. The van der Waals surface area contributed by atoms with E-state index < -0.39 is 0 Å². The van der Waals surface area contributed by atoms with Gasteiger partial charge in [0, 0.05) is 42.7 Å². The Morgan fingerprint density at radius 1 is 1.43 bits per heavy atom. The van der Waals surface area contributed by atoms with Crippen molar-refractivity contribution in [2.24, 2.45) is 0 Å². The number of nitrogens with one attached hydrogen (secondary N) is 2. The second kappa shape index (κ2) is 6.31. The van der Waals surface area contributed by atoms with Crippen LogP contribution in [0.5, 0.6) is 0 Å². The highest BCUT2D eigenvalue weighted by atomic mass is 16.2. The first-order chi connectivity index (χ1) is 10.3. The Kier molecular flexibility index (Phi) is 4.25. The number of para-hydroxylation sites is 1. The van der Waals surface area contributed by atoms with Gasteiger partial charge >= 0.3 is 0 Å². The summed E-state index contributed by atoms with van der Waals surface area (Å²) >= 11 is 0. The molecule has 1 aliphatic rings. The average Bonchev–Trinajstić information content (AvgIpc) is 3.14. The van der Waals surface area contributed by atoms with Gasteiger partial charge in [0.1, 0.15) is 0 Å². The molecule has 4 heteroatoms. The van der Waals surface area contributed by atoms with Gasteiger partial charge in [0.15, 0.2) is 0 Å². The summed E-state index contributed by atoms with van der Waals surface area (Å²) in [6.07, 6.45) is 5.67. The molecule has 1 aliphatic heterocycles. The molecule has 1 amide bonds. The van der Waals surface area contributed by atoms with Crippen molar-refractivity contribution in [3.8, 4) is 0 Å². The predicted octanol–water partition coefficient (Wildman–Crippen LogP) is 2.31. The van der Waals surface area contributed by atoms with Gasteiger partial charge in [-0.15, -0.1) is 0 Å². The SMILES string of the molecule is CNC1CCN(C(=O)CCCc2c[nH]c3ccccc23)C1. The summed E-state index contributed by atoms with van der Waals surface area (Å²) in [6, 6.07) is 8.81. The Labute approximate surface area is 125 Å². The van der Waals surface area contributed by atoms with E-state index in [0.29, 0.717) is 18.4 Å². The van der Waals surface area contributed by atoms with E-state index in [1.165, 1.54) is 16.5 Å². The van der Waals surface area contributed by atoms with Crippen LogP contribution in [0.25, 0.3) is 10.9 Å². The van der Waals surface area contributed by atoms with E-state index >= 15 is 0 Å². The normalized spacial score (nSPS) is 18.5. The van der Waals surface area contributed by atoms with Crippen LogP contribution >= 0.6 is 0 Å². The van der Waals surface area contributed by atoms with Crippen molar-refractivity contribution in [2.45, 2.75) is 31.7 Å². The molecule has 21 heavy (non-hydrogen) atoms. The Morgan fingerprint density at radius 2 is 2.29 bits per heavy atom. The van der Waals surface area contributed by atoms with Crippen LogP contribution in [-0.4, -0.2) is 42.0 Å². The van der Waals surface area contributed by atoms with Crippen LogP contribution in [0.15, 0.2) is 30.5 Å². The summed E-state index contributed by atoms with van der Waals surface area (Å²) in [5.74, 6) is 0.299. The van der Waals surface area contributed by atoms with E-state index in [2.05, 4.69) is 34.7 Å². The van der Waals surface area contributed by atoms with Gasteiger partial charge in [0.05, 0.1) is 0 Å². The van der Waals surface area contributed by atoms with Crippen molar-refractivity contribution in [1.29, 1.82) is 0 Å². The molecule has 2 heterocycles. The number of likely N-dealkylation sites (tertiary alicyclic amines) is 1. The molecule has 0 saturated carbocycles. The number of aromatic amines is 1. The molecular formula is C17H23N3O. The van der Waals surface area contributed by atoms with E-state index in [-0.39, 0.29) is 0 Å². The number of fused-ring (bicyclic) bond motifs is 1. The lowest BCUT2D eigenvalue weighted by molar-refractivity contribution is -0.130. The summed E-state index contributed by atoms with van der Waals surface area (Å²) in [6.45, 7) is 1.76. The van der Waals surface area contributed by atoms with Gasteiger partial charge in [-0.05, 0) is 37.9 Å². The summed E-state index contributed by atoms with van der Waals surface area (Å²) in [5, 5.41) is 4.53. The smallest absolute Gasteiger partial charge is 0.222 e. The summed E-state index contributed by atoms with van der Waals surface area (Å²) in [7, 11) is 1.97. The van der Waals surface area contributed by atoms with Crippen molar-refractivity contribution >= 4 is 16.8 Å². The molecule has 1 fully saturated rings. The zero-order chi connectivity index (χ0) is 14.7. The molecule has 112 valence electrons. The summed E-state index contributed by atoms with van der Waals surface area (Å²) in [4.78, 5) is 17.5. The monoisotopic (exact) mass is 285 g/mol. The van der Waals surface area contributed by atoms with Crippen molar-refractivity contribution < 1.29 is 4.79 Å². The maximum Gasteiger partial charge on any atom is 0.222 e. The Bertz CT molecular complexity index is 619. The number of carbonyl (C=O) groups is 1. The minimum atomic E-state index is 0.299. The molecular weight excluding hydrogens is 262 g/mol. The highest BCUT2D eigenvalue weighted by molar-refractivity contribution is 5.83. The zero-order valence-electron chi connectivity index (χ0n) is 12.6. The van der Waals surface area contributed by atoms with Crippen molar-refractivity contribution in [3.63, 3.8) is 0 Å². The number of aromatic nitrogens is 1. The lowest BCUT2D eigenvalue weighted by atomic mass is 10.1. The topological polar surface area (TPSA) is 48.1 Å². The van der Waals surface area contributed by atoms with Crippen LogP contribution in [0.2, 0.25) is 0 Å². The zero-order valence-corrected chi connectivity index (χ0v) is 12.6. The number of H-pyrrole nitrogens is 1. The molecule has 0 aliphatic carbocycles. The second-order valence-corrected chi connectivity index (χ2v) is 5.83. The van der Waals surface area contributed by atoms with E-state index in [0.717, 1.165) is 32.4 Å². The highest BCUT2D eigenvalue weighted by Gasteiger charge is 2.24. The number of benzene rings is 1. The van der Waals surface area contributed by atoms with Crippen molar-refractivity contribution in [2.75, 3.05) is 20.1 Å². The number of likely N-dealkylation sites (N-methyl/N-ethyl adjacent to an activating group) is 1. The van der Waals surface area contributed by atoms with Crippen LogP contribution < -0.4 is 5.32 Å². The third-order valence-corrected chi connectivity index (χ3v) is 4.46. The Hall–Kier alpha value is -1.81. The minimum absolute atomic E-state index is 0.299. The molecule has 0 bridgehead atoms. The van der Waals surface area contributed by atoms with Crippen LogP contribution in [0, 0.1) is 0 Å². The average molecular weight is 285 g/mol. The van der Waals surface area contributed by atoms with E-state index in [1.807, 2.05) is 18.0 Å². The third-order valence-electron chi connectivity index (χ3n) is 4.46. The second-order valence-electron chi connectivity index (χ2n) is 5.83. The first kappa shape index (κ1) is 14.1. The number of rotatable bonds is 5. The molecule has 1 aromatic carbocycles. The third kappa shape index (κ3) is 3.10. The van der Waals surface area contributed by atoms with Gasteiger partial charge in [-0.1, -0.05) is 18.2 Å². The van der Waals surface area contributed by atoms with Crippen LogP contribution in [0.4, 0.5) is 0 Å². The molecule has 2 N–H and O–H groups in total. The molecule has 1 unspecified atom stereocenters. The molecule has 3 rings (SSSR count). The quantitative estimate of drug-likeness (QED) is 0.885. The first-order valence-corrected chi connectivity index (χ1v) is 7.78. The van der Waals surface area contributed by atoms with Gasteiger partial charge in [-0.3, -0.25) is 4.79 Å². The van der Waals surface area contributed by atoms with Gasteiger partial charge in [-0.25, -0.2) is 0 Å². The first-order valence-electron chi connectivity index (χ1n) is 7.78. The fourth-order valence-electron chi connectivity index (χ4n) is 3.15. The maximum absolute atomic E-state index is 12.2. The van der Waals surface area contributed by atoms with Gasteiger partial charge in [0.25, 0.3) is 0 Å². The number of amides is 1. The molecule has 0 radical (unpaired) electrons. The fourth-order valence-corrected chi connectivity index (χ4v) is 3.15. The predicted molar refractivity (Wildman–Crippen MR) is 85.3 cm³/mol. The number of aryl methyl sites for hydroxylation is 1. The van der Waals surface area contributed by atoms with E-state index in [4.69, 9.17) is 0 Å². The van der Waals surface area contributed by atoms with Gasteiger partial charge in [0.2, 0.25) is 5.91 Å². The lowest BCUT2D eigenvalue weighted by Crippen LogP contribution is -2.33. The van der Waals surface area contributed by atoms with Crippen molar-refractivity contribution in [3.05, 3.63) is 36.0 Å². The number of hydrogen-bond donors (Lipinski definition) is 2. The number of hydrogen-bond acceptors (Lipinski definition) is 2. The number of carbonyl (C=O) groups excluding carboxylic acids is 1. The maximum atomic E-state index is 12.2. The molecule has 0 spiro atoms. The van der Waals surface area contributed by atoms with E-state index in [1.54, 1.807) is 0 Å². The van der Waals surface area contributed by atoms with Gasteiger partial charge in [-0.2, -0.15) is 0 Å². The number of nitrogens with zero attached hydrogens (tertiary/aromatic N) is 1. The Morgan fingerprint density at radius 3 is 3.10 bits per heavy atom. The highest BCUT2D eigenvalue weighted by Crippen LogP contribution is 2.20. The van der Waals surface area contributed by atoms with Crippen LogP contribution in [0.1, 0.15) is 24.8 Å². The summed E-state index contributed by atoms with van der Waals surface area (Å²) in [5.41, 5.74) is 2.49. The Balaban J connectivity index is 1.51. The van der Waals surface area contributed by atoms with E-state index in [9.17, 15) is 4.79 Å². The lowest BCUT2D eigenvalue weighted by Gasteiger charge is -2.16. The van der Waals surface area contributed by atoms with Gasteiger partial charge < -0.3 is 15.2 Å². The summed E-state index contributed by atoms with van der Waals surface area (Å²) < 4.78 is 0. The van der Waals surface area contributed by atoms with Crippen LogP contribution in [-0.2, 0) is 11.2 Å². The molecule has 4 nitrogen and oxygen atoms in total. The van der Waals surface area contributed by atoms with Crippen LogP contribution in [0.3, 0.4) is 0 Å².